The van der Waals surface area contributed by atoms with E-state index in [-0.39, 0.29) is 0 Å². The standard InChI is InChI=1S/C6H14OS/c1-4-6(3)7-8-5-2/h6H,4-5H2,1-3H3. The molecule has 0 saturated heterocycles. The van der Waals surface area contributed by atoms with E-state index in [1.807, 2.05) is 0 Å². The predicted molar refractivity (Wildman–Crippen MR) is 39.0 cm³/mol. The Morgan fingerprint density at radius 2 is 2.12 bits per heavy atom. The Balaban J connectivity index is 2.86. The molecular weight excluding hydrogens is 120 g/mol. The molecule has 0 saturated carbocycles. The largest absolute Gasteiger partial charge is 0.312 e. The molecule has 1 atom stereocenters. The zero-order valence-corrected chi connectivity index (χ0v) is 6.62. The Labute approximate surface area is 56.0 Å². The highest BCUT2D eigenvalue weighted by Crippen LogP contribution is 2.07. The van der Waals surface area contributed by atoms with Crippen LogP contribution in [-0.4, -0.2) is 11.9 Å². The molecule has 0 spiro atoms. The maximum atomic E-state index is 5.26. The summed E-state index contributed by atoms with van der Waals surface area (Å²) < 4.78 is 5.26. The summed E-state index contributed by atoms with van der Waals surface area (Å²) in [6.45, 7) is 6.30. The van der Waals surface area contributed by atoms with Crippen molar-refractivity contribution in [3.8, 4) is 0 Å². The summed E-state index contributed by atoms with van der Waals surface area (Å²) in [5.41, 5.74) is 0. The average molecular weight is 134 g/mol. The summed E-state index contributed by atoms with van der Waals surface area (Å²) in [7, 11) is 0. The summed E-state index contributed by atoms with van der Waals surface area (Å²) in [5, 5.41) is 0. The monoisotopic (exact) mass is 134 g/mol. The fourth-order valence-electron chi connectivity index (χ4n) is 0.252. The molecule has 0 aliphatic rings. The smallest absolute Gasteiger partial charge is 0.0691 e. The fraction of sp³-hybridized carbons (Fsp3) is 1.00. The lowest BCUT2D eigenvalue weighted by molar-refractivity contribution is 0.260. The van der Waals surface area contributed by atoms with Crippen LogP contribution in [0.2, 0.25) is 0 Å². The van der Waals surface area contributed by atoms with Crippen LogP contribution >= 0.6 is 12.0 Å². The molecule has 0 N–H and O–H groups in total. The van der Waals surface area contributed by atoms with Crippen LogP contribution in [-0.2, 0) is 4.18 Å². The summed E-state index contributed by atoms with van der Waals surface area (Å²) in [5.74, 6) is 1.05. The Hall–Kier alpha value is 0.310. The van der Waals surface area contributed by atoms with Crippen molar-refractivity contribution < 1.29 is 4.18 Å². The molecule has 0 radical (unpaired) electrons. The van der Waals surface area contributed by atoms with Crippen molar-refractivity contribution >= 4 is 12.0 Å². The highest BCUT2D eigenvalue weighted by Gasteiger charge is 1.95. The Morgan fingerprint density at radius 3 is 2.50 bits per heavy atom. The van der Waals surface area contributed by atoms with Crippen molar-refractivity contribution in [3.63, 3.8) is 0 Å². The van der Waals surface area contributed by atoms with Crippen molar-refractivity contribution in [1.29, 1.82) is 0 Å². The highest BCUT2D eigenvalue weighted by molar-refractivity contribution is 7.94. The van der Waals surface area contributed by atoms with Gasteiger partial charge in [0.2, 0.25) is 0 Å². The number of hydrogen-bond acceptors (Lipinski definition) is 2. The minimum Gasteiger partial charge on any atom is -0.312 e. The first kappa shape index (κ1) is 8.31. The second-order valence-corrected chi connectivity index (χ2v) is 2.73. The van der Waals surface area contributed by atoms with Gasteiger partial charge in [0.05, 0.1) is 6.10 Å². The molecule has 0 bridgehead atoms. The summed E-state index contributed by atoms with van der Waals surface area (Å²) in [6.07, 6.45) is 1.52. The zero-order chi connectivity index (χ0) is 6.41. The van der Waals surface area contributed by atoms with Gasteiger partial charge < -0.3 is 4.18 Å². The van der Waals surface area contributed by atoms with Crippen molar-refractivity contribution in [3.05, 3.63) is 0 Å². The van der Waals surface area contributed by atoms with Crippen molar-refractivity contribution in [2.45, 2.75) is 33.3 Å². The topological polar surface area (TPSA) is 9.23 Å². The lowest BCUT2D eigenvalue weighted by Gasteiger charge is -2.05. The number of rotatable bonds is 4. The molecule has 0 aliphatic carbocycles. The molecule has 1 nitrogen and oxygen atoms in total. The summed E-state index contributed by atoms with van der Waals surface area (Å²) in [6, 6.07) is 0. The molecule has 0 aliphatic heterocycles. The van der Waals surface area contributed by atoms with Gasteiger partial charge in [-0.1, -0.05) is 13.8 Å². The van der Waals surface area contributed by atoms with Crippen LogP contribution in [0.25, 0.3) is 0 Å². The Bertz CT molecular complexity index is 47.8. The molecule has 0 rings (SSSR count). The summed E-state index contributed by atoms with van der Waals surface area (Å²) >= 11 is 1.54. The average Bonchev–Trinajstić information content (AvgIpc) is 1.83. The zero-order valence-electron chi connectivity index (χ0n) is 5.81. The van der Waals surface area contributed by atoms with Crippen molar-refractivity contribution in [2.24, 2.45) is 0 Å². The summed E-state index contributed by atoms with van der Waals surface area (Å²) in [4.78, 5) is 0. The van der Waals surface area contributed by atoms with Gasteiger partial charge in [0.1, 0.15) is 0 Å². The van der Waals surface area contributed by atoms with Crippen molar-refractivity contribution in [2.75, 3.05) is 5.75 Å². The number of hydrogen-bond donors (Lipinski definition) is 0. The molecular formula is C6H14OS. The minimum absolute atomic E-state index is 0.417. The molecule has 0 amide bonds. The maximum absolute atomic E-state index is 5.26. The first-order chi connectivity index (χ1) is 3.81. The van der Waals surface area contributed by atoms with E-state index in [4.69, 9.17) is 4.18 Å². The van der Waals surface area contributed by atoms with Crippen LogP contribution in [0.5, 0.6) is 0 Å². The third-order valence-electron chi connectivity index (χ3n) is 0.925. The maximum Gasteiger partial charge on any atom is 0.0691 e. The van der Waals surface area contributed by atoms with E-state index in [0.717, 1.165) is 12.2 Å². The lowest BCUT2D eigenvalue weighted by Crippen LogP contribution is -1.99. The molecule has 0 heterocycles. The first-order valence-electron chi connectivity index (χ1n) is 3.09. The molecule has 0 fully saturated rings. The van der Waals surface area contributed by atoms with Crippen LogP contribution in [0.3, 0.4) is 0 Å². The van der Waals surface area contributed by atoms with Gasteiger partial charge in [0, 0.05) is 5.75 Å². The van der Waals surface area contributed by atoms with Crippen LogP contribution in [0.1, 0.15) is 27.2 Å². The van der Waals surface area contributed by atoms with Gasteiger partial charge in [0.25, 0.3) is 0 Å². The highest BCUT2D eigenvalue weighted by atomic mass is 32.2. The molecule has 1 unspecified atom stereocenters. The lowest BCUT2D eigenvalue weighted by atomic mass is 10.3. The van der Waals surface area contributed by atoms with Gasteiger partial charge in [-0.3, -0.25) is 0 Å². The van der Waals surface area contributed by atoms with Gasteiger partial charge in [-0.2, -0.15) is 0 Å². The third-order valence-corrected chi connectivity index (χ3v) is 1.63. The third kappa shape index (κ3) is 4.47. The van der Waals surface area contributed by atoms with Gasteiger partial charge >= 0.3 is 0 Å². The van der Waals surface area contributed by atoms with E-state index >= 15 is 0 Å². The van der Waals surface area contributed by atoms with Crippen LogP contribution in [0.15, 0.2) is 0 Å². The Kier molecular flexibility index (Phi) is 5.66. The van der Waals surface area contributed by atoms with E-state index in [2.05, 4.69) is 20.8 Å². The van der Waals surface area contributed by atoms with Crippen LogP contribution < -0.4 is 0 Å². The van der Waals surface area contributed by atoms with E-state index in [0.29, 0.717) is 6.10 Å². The predicted octanol–water partition coefficient (Wildman–Crippen LogP) is 2.47. The quantitative estimate of drug-likeness (QED) is 0.546. The fourth-order valence-corrected chi connectivity index (χ4v) is 0.757. The van der Waals surface area contributed by atoms with Crippen LogP contribution in [0, 0.1) is 0 Å². The van der Waals surface area contributed by atoms with E-state index in [1.54, 1.807) is 12.0 Å². The first-order valence-corrected chi connectivity index (χ1v) is 4.00. The van der Waals surface area contributed by atoms with E-state index < -0.39 is 0 Å². The van der Waals surface area contributed by atoms with Crippen molar-refractivity contribution in [1.82, 2.24) is 0 Å². The van der Waals surface area contributed by atoms with E-state index in [1.165, 1.54) is 0 Å². The molecule has 0 aromatic rings. The normalized spacial score (nSPS) is 13.9. The molecule has 50 valence electrons. The van der Waals surface area contributed by atoms with E-state index in [9.17, 15) is 0 Å². The second kappa shape index (κ2) is 5.45. The van der Waals surface area contributed by atoms with Gasteiger partial charge in [-0.15, -0.1) is 0 Å². The molecule has 0 aromatic carbocycles. The van der Waals surface area contributed by atoms with Crippen LogP contribution in [0.4, 0.5) is 0 Å². The van der Waals surface area contributed by atoms with Gasteiger partial charge in [-0.25, -0.2) is 0 Å². The minimum atomic E-state index is 0.417. The molecule has 2 heteroatoms. The van der Waals surface area contributed by atoms with Gasteiger partial charge in [-0.05, 0) is 25.4 Å². The molecule has 8 heavy (non-hydrogen) atoms. The second-order valence-electron chi connectivity index (χ2n) is 1.72. The molecule has 0 aromatic heterocycles. The van der Waals surface area contributed by atoms with Gasteiger partial charge in [0.15, 0.2) is 0 Å². The Morgan fingerprint density at radius 1 is 1.50 bits per heavy atom. The SMILES string of the molecule is CCSOC(C)CC.